The number of aromatic hydroxyl groups is 2. The van der Waals surface area contributed by atoms with Crippen LogP contribution in [-0.2, 0) is 6.54 Å². The summed E-state index contributed by atoms with van der Waals surface area (Å²) in [6, 6.07) is 29.0. The summed E-state index contributed by atoms with van der Waals surface area (Å²) >= 11 is 0. The molecule has 0 saturated carbocycles. The van der Waals surface area contributed by atoms with Gasteiger partial charge in [-0.3, -0.25) is 0 Å². The van der Waals surface area contributed by atoms with E-state index in [1.54, 1.807) is 0 Å². The third kappa shape index (κ3) is 3.20. The van der Waals surface area contributed by atoms with E-state index < -0.39 is 0 Å². The van der Waals surface area contributed by atoms with E-state index in [0.29, 0.717) is 11.5 Å². The zero-order valence-electron chi connectivity index (χ0n) is 21.0. The van der Waals surface area contributed by atoms with E-state index in [1.807, 2.05) is 48.5 Å². The number of phenols is 2. The SMILES string of the molecule is CCCCCCn1c2ccc3cc4ccccc4c(O)c3c2c2c3c(O)c4ccccc4cc3ccc21. The van der Waals surface area contributed by atoms with Crippen molar-refractivity contribution in [2.24, 2.45) is 0 Å². The summed E-state index contributed by atoms with van der Waals surface area (Å²) in [6.07, 6.45) is 4.70. The van der Waals surface area contributed by atoms with Crippen molar-refractivity contribution >= 4 is 64.9 Å². The molecule has 0 unspecified atom stereocenters. The number of hydrogen-bond donors (Lipinski definition) is 2. The van der Waals surface area contributed by atoms with Crippen LogP contribution in [0.1, 0.15) is 32.6 Å². The quantitative estimate of drug-likeness (QED) is 0.189. The van der Waals surface area contributed by atoms with Crippen molar-refractivity contribution in [1.82, 2.24) is 4.57 Å². The second-order valence-corrected chi connectivity index (χ2v) is 10.2. The van der Waals surface area contributed by atoms with Crippen molar-refractivity contribution < 1.29 is 10.2 Å². The van der Waals surface area contributed by atoms with Gasteiger partial charge in [-0.2, -0.15) is 0 Å². The van der Waals surface area contributed by atoms with Crippen LogP contribution in [0.3, 0.4) is 0 Å². The van der Waals surface area contributed by atoms with Gasteiger partial charge in [-0.05, 0) is 52.2 Å². The summed E-state index contributed by atoms with van der Waals surface area (Å²) in [5.74, 6) is 0.613. The Morgan fingerprint density at radius 1 is 0.541 bits per heavy atom. The third-order valence-electron chi connectivity index (χ3n) is 8.03. The molecule has 0 fully saturated rings. The van der Waals surface area contributed by atoms with Gasteiger partial charge in [0.05, 0.1) is 0 Å². The van der Waals surface area contributed by atoms with Gasteiger partial charge in [0, 0.05) is 49.9 Å². The van der Waals surface area contributed by atoms with Crippen molar-refractivity contribution in [1.29, 1.82) is 0 Å². The zero-order valence-corrected chi connectivity index (χ0v) is 21.0. The Morgan fingerprint density at radius 3 is 1.57 bits per heavy atom. The molecule has 3 nitrogen and oxygen atoms in total. The molecular formula is C34H29NO2. The summed E-state index contributed by atoms with van der Waals surface area (Å²) in [5.41, 5.74) is 2.20. The van der Waals surface area contributed by atoms with E-state index >= 15 is 0 Å². The highest BCUT2D eigenvalue weighted by Crippen LogP contribution is 2.47. The highest BCUT2D eigenvalue weighted by molar-refractivity contribution is 6.32. The number of phenolic OH excluding ortho intramolecular Hbond substituents is 2. The lowest BCUT2D eigenvalue weighted by molar-refractivity contribution is 0.487. The lowest BCUT2D eigenvalue weighted by Gasteiger charge is -2.10. The summed E-state index contributed by atoms with van der Waals surface area (Å²) in [5, 5.41) is 32.8. The molecule has 0 aliphatic rings. The highest BCUT2D eigenvalue weighted by atomic mass is 16.3. The van der Waals surface area contributed by atoms with Crippen molar-refractivity contribution in [2.45, 2.75) is 39.2 Å². The van der Waals surface area contributed by atoms with E-state index in [2.05, 4.69) is 47.9 Å². The van der Waals surface area contributed by atoms with Crippen LogP contribution in [0.25, 0.3) is 64.9 Å². The molecule has 3 heteroatoms. The number of rotatable bonds is 5. The number of fused-ring (bicyclic) bond motifs is 9. The summed E-state index contributed by atoms with van der Waals surface area (Å²) in [7, 11) is 0. The van der Waals surface area contributed by atoms with Crippen molar-refractivity contribution in [3.8, 4) is 11.5 Å². The van der Waals surface area contributed by atoms with Crippen molar-refractivity contribution in [3.63, 3.8) is 0 Å². The molecule has 0 spiro atoms. The van der Waals surface area contributed by atoms with Gasteiger partial charge in [0.15, 0.2) is 0 Å². The van der Waals surface area contributed by atoms with Gasteiger partial charge < -0.3 is 14.8 Å². The molecule has 7 rings (SSSR count). The van der Waals surface area contributed by atoms with E-state index in [0.717, 1.165) is 77.9 Å². The van der Waals surface area contributed by atoms with Gasteiger partial charge in [0.2, 0.25) is 0 Å². The van der Waals surface area contributed by atoms with E-state index in [-0.39, 0.29) is 0 Å². The van der Waals surface area contributed by atoms with Crippen molar-refractivity contribution in [3.05, 3.63) is 84.9 Å². The second kappa shape index (κ2) is 8.41. The molecule has 1 aromatic heterocycles. The molecule has 0 amide bonds. The Kier molecular flexibility index (Phi) is 5.00. The van der Waals surface area contributed by atoms with Crippen LogP contribution >= 0.6 is 0 Å². The van der Waals surface area contributed by atoms with Gasteiger partial charge in [0.25, 0.3) is 0 Å². The minimum atomic E-state index is 0.306. The van der Waals surface area contributed by atoms with Gasteiger partial charge in [-0.25, -0.2) is 0 Å². The summed E-state index contributed by atoms with van der Waals surface area (Å²) in [6.45, 7) is 3.14. The number of nitrogens with zero attached hydrogens (tertiary/aromatic N) is 1. The Bertz CT molecular complexity index is 1860. The molecule has 7 aromatic rings. The fourth-order valence-electron chi connectivity index (χ4n) is 6.27. The third-order valence-corrected chi connectivity index (χ3v) is 8.03. The fraction of sp³-hybridized carbons (Fsp3) is 0.176. The zero-order chi connectivity index (χ0) is 25.1. The molecule has 0 aliphatic heterocycles. The molecule has 0 saturated heterocycles. The molecule has 37 heavy (non-hydrogen) atoms. The molecule has 1 heterocycles. The summed E-state index contributed by atoms with van der Waals surface area (Å²) in [4.78, 5) is 0. The summed E-state index contributed by atoms with van der Waals surface area (Å²) < 4.78 is 2.39. The normalized spacial score (nSPS) is 12.1. The predicted octanol–water partition coefficient (Wildman–Crippen LogP) is 9.40. The second-order valence-electron chi connectivity index (χ2n) is 10.2. The van der Waals surface area contributed by atoms with Gasteiger partial charge in [-0.1, -0.05) is 86.8 Å². The largest absolute Gasteiger partial charge is 0.507 e. The number of unbranched alkanes of at least 4 members (excludes halogenated alkanes) is 3. The van der Waals surface area contributed by atoms with Gasteiger partial charge in [0.1, 0.15) is 11.5 Å². The minimum absolute atomic E-state index is 0.306. The maximum atomic E-state index is 11.7. The fourth-order valence-corrected chi connectivity index (χ4v) is 6.27. The first-order valence-corrected chi connectivity index (χ1v) is 13.3. The Morgan fingerprint density at radius 2 is 1.05 bits per heavy atom. The van der Waals surface area contributed by atoms with E-state index in [4.69, 9.17) is 0 Å². The minimum Gasteiger partial charge on any atom is -0.507 e. The Balaban J connectivity index is 1.69. The highest BCUT2D eigenvalue weighted by Gasteiger charge is 2.21. The molecule has 6 aromatic carbocycles. The Labute approximate surface area is 215 Å². The first-order chi connectivity index (χ1) is 18.2. The first kappa shape index (κ1) is 22.0. The average Bonchev–Trinajstić information content (AvgIpc) is 3.24. The molecule has 0 aliphatic carbocycles. The maximum Gasteiger partial charge on any atom is 0.131 e. The molecule has 0 bridgehead atoms. The monoisotopic (exact) mass is 483 g/mol. The number of benzene rings is 6. The van der Waals surface area contributed by atoms with Crippen LogP contribution in [-0.4, -0.2) is 14.8 Å². The molecular weight excluding hydrogens is 454 g/mol. The molecule has 0 radical (unpaired) electrons. The van der Waals surface area contributed by atoms with Crippen LogP contribution in [0.15, 0.2) is 84.9 Å². The van der Waals surface area contributed by atoms with Gasteiger partial charge >= 0.3 is 0 Å². The van der Waals surface area contributed by atoms with E-state index in [1.165, 1.54) is 19.3 Å². The lowest BCUT2D eigenvalue weighted by atomic mass is 9.94. The van der Waals surface area contributed by atoms with Gasteiger partial charge in [-0.15, -0.1) is 0 Å². The average molecular weight is 484 g/mol. The standard InChI is InChI=1S/C34H29NO2/c1-2-3-4-9-18-35-27-16-14-23-19-21-10-5-7-12-25(21)33(36)29(23)31(27)32-28(35)17-15-24-20-22-11-6-8-13-26(22)34(37)30(24)32/h5-8,10-17,19-20,36-37H,2-4,9,18H2,1H3. The lowest BCUT2D eigenvalue weighted by Crippen LogP contribution is -1.97. The van der Waals surface area contributed by atoms with E-state index in [9.17, 15) is 10.2 Å². The van der Waals surface area contributed by atoms with Crippen LogP contribution in [0, 0.1) is 0 Å². The molecule has 182 valence electrons. The molecule has 2 N–H and O–H groups in total. The van der Waals surface area contributed by atoms with Crippen LogP contribution < -0.4 is 0 Å². The Hall–Kier alpha value is -4.24. The number of aromatic nitrogens is 1. The van der Waals surface area contributed by atoms with Crippen LogP contribution in [0.4, 0.5) is 0 Å². The first-order valence-electron chi connectivity index (χ1n) is 13.3. The molecule has 0 atom stereocenters. The topological polar surface area (TPSA) is 45.4 Å². The number of aryl methyl sites for hydroxylation is 1. The van der Waals surface area contributed by atoms with Crippen LogP contribution in [0.2, 0.25) is 0 Å². The smallest absolute Gasteiger partial charge is 0.131 e. The number of hydrogen-bond acceptors (Lipinski definition) is 2. The van der Waals surface area contributed by atoms with Crippen molar-refractivity contribution in [2.75, 3.05) is 0 Å². The maximum absolute atomic E-state index is 11.7. The van der Waals surface area contributed by atoms with Crippen LogP contribution in [0.5, 0.6) is 11.5 Å². The predicted molar refractivity (Wildman–Crippen MR) is 157 cm³/mol.